The number of thiol groups is 1. The van der Waals surface area contributed by atoms with Crippen LogP contribution in [0.25, 0.3) is 17.2 Å². The molecule has 1 aliphatic carbocycles. The fraction of sp³-hybridized carbons (Fsp3) is 0.333. The van der Waals surface area contributed by atoms with E-state index >= 15 is 0 Å². The van der Waals surface area contributed by atoms with Gasteiger partial charge in [0.2, 0.25) is 5.88 Å². The highest BCUT2D eigenvalue weighted by molar-refractivity contribution is 8.20. The van der Waals surface area contributed by atoms with E-state index in [2.05, 4.69) is 55.9 Å². The number of aromatic nitrogens is 5. The van der Waals surface area contributed by atoms with Crippen LogP contribution in [-0.4, -0.2) is 47.6 Å². The number of aryl methyl sites for hydroxylation is 2. The Balaban J connectivity index is 1.21. The van der Waals surface area contributed by atoms with Crippen LogP contribution >= 0.6 is 10.9 Å². The predicted octanol–water partition coefficient (Wildman–Crippen LogP) is 4.15. The summed E-state index contributed by atoms with van der Waals surface area (Å²) in [5.41, 5.74) is 5.95. The van der Waals surface area contributed by atoms with Crippen molar-refractivity contribution in [3.8, 4) is 11.6 Å². The van der Waals surface area contributed by atoms with Crippen molar-refractivity contribution < 1.29 is 9.84 Å². The van der Waals surface area contributed by atoms with Gasteiger partial charge in [0.05, 0.1) is 5.03 Å². The van der Waals surface area contributed by atoms with E-state index in [4.69, 9.17) is 9.72 Å². The molecular weight excluding hydrogens is 472 g/mol. The Morgan fingerprint density at radius 1 is 1.19 bits per heavy atom. The molecule has 0 bridgehead atoms. The van der Waals surface area contributed by atoms with Gasteiger partial charge < -0.3 is 9.84 Å². The van der Waals surface area contributed by atoms with Crippen LogP contribution in [0.4, 0.5) is 0 Å². The normalized spacial score (nSPS) is 22.3. The van der Waals surface area contributed by atoms with Gasteiger partial charge in [0.1, 0.15) is 23.1 Å². The Kier molecular flexibility index (Phi) is 5.04. The molecule has 2 aliphatic heterocycles. The molecule has 5 heterocycles. The topological polar surface area (TPSA) is 89.2 Å². The Hall–Kier alpha value is -3.43. The van der Waals surface area contributed by atoms with E-state index in [1.807, 2.05) is 20.0 Å². The number of nitrogens with zero attached hydrogens (tertiary/aromatic N) is 6. The highest BCUT2D eigenvalue weighted by atomic mass is 32.2. The van der Waals surface area contributed by atoms with E-state index in [-0.39, 0.29) is 12.0 Å². The highest BCUT2D eigenvalue weighted by Crippen LogP contribution is 2.52. The fourth-order valence-corrected chi connectivity index (χ4v) is 7.29. The molecule has 0 spiro atoms. The highest BCUT2D eigenvalue weighted by Gasteiger charge is 2.37. The van der Waals surface area contributed by atoms with Gasteiger partial charge in [0, 0.05) is 43.7 Å². The van der Waals surface area contributed by atoms with Gasteiger partial charge in [-0.05, 0) is 66.0 Å². The molecule has 0 amide bonds. The van der Waals surface area contributed by atoms with E-state index in [0.717, 1.165) is 46.3 Å². The van der Waals surface area contributed by atoms with E-state index in [9.17, 15) is 5.11 Å². The first-order chi connectivity index (χ1) is 17.5. The largest absolute Gasteiger partial charge is 0.493 e. The van der Waals surface area contributed by atoms with Crippen LogP contribution in [0, 0.1) is 18.9 Å². The number of hydrogen-bond acceptors (Lipinski definition) is 7. The molecule has 3 aromatic heterocycles. The first-order valence-corrected chi connectivity index (χ1v) is 13.7. The average molecular weight is 500 g/mol. The first-order valence-electron chi connectivity index (χ1n) is 12.3. The summed E-state index contributed by atoms with van der Waals surface area (Å²) >= 11 is 0. The summed E-state index contributed by atoms with van der Waals surface area (Å²) in [6.45, 7) is 4.31. The molecule has 1 N–H and O–H groups in total. The fourth-order valence-electron chi connectivity index (χ4n) is 5.25. The Labute approximate surface area is 212 Å². The summed E-state index contributed by atoms with van der Waals surface area (Å²) in [5.74, 6) is 1.43. The van der Waals surface area contributed by atoms with Crippen molar-refractivity contribution in [3.63, 3.8) is 0 Å². The summed E-state index contributed by atoms with van der Waals surface area (Å²) < 4.78 is 8.10. The first kappa shape index (κ1) is 21.8. The number of benzene rings is 1. The maximum Gasteiger partial charge on any atom is 0.211 e. The minimum absolute atomic E-state index is 0.0379. The molecule has 183 valence electrons. The van der Waals surface area contributed by atoms with Crippen LogP contribution in [-0.2, 0) is 20.1 Å². The average Bonchev–Trinajstić information content (AvgIpc) is 3.55. The molecule has 36 heavy (non-hydrogen) atoms. The lowest BCUT2D eigenvalue weighted by Crippen LogP contribution is -2.34. The monoisotopic (exact) mass is 499 g/mol. The molecule has 7 rings (SSSR count). The van der Waals surface area contributed by atoms with Gasteiger partial charge in [-0.25, -0.2) is 14.6 Å². The second-order valence-corrected chi connectivity index (χ2v) is 11.8. The minimum Gasteiger partial charge on any atom is -0.493 e. The Morgan fingerprint density at radius 2 is 2.08 bits per heavy atom. The number of hydrogen-bond donors (Lipinski definition) is 2. The summed E-state index contributed by atoms with van der Waals surface area (Å²) in [7, 11) is 1.13. The molecule has 1 radical (unpaired) electrons. The summed E-state index contributed by atoms with van der Waals surface area (Å²) in [4.78, 5) is 13.0. The lowest BCUT2D eigenvalue weighted by molar-refractivity contribution is 0.125. The third kappa shape index (κ3) is 3.74. The lowest BCUT2D eigenvalue weighted by Gasteiger charge is -2.25. The second kappa shape index (κ2) is 8.31. The standard InChI is InChI=1S/C27H27N6O2S/c1-16-12-25(29-27-26(16)30-31-32(27)2)36-11-10-19-18(4-3-5-23(19)36)13-33-14-20-21(8-9-24(34)28-20)35-22(15-33)17-6-7-17/h3-5,8-11,17,22,36H,6-7,13-15H2,1-2H3,(H,28,34)/t22-/m0/s1. The number of rotatable bonds is 4. The van der Waals surface area contributed by atoms with Crippen molar-refractivity contribution in [2.75, 3.05) is 6.54 Å². The SMILES string of the molecule is Cc1[c]c([SH]2C=Cc3c(CN4Cc5nc(O)ccc5O[C@H](C5CC5)C4)cccc32)nc2c1nnn2C. The van der Waals surface area contributed by atoms with Crippen LogP contribution in [0.15, 0.2) is 45.7 Å². The molecule has 1 aromatic carbocycles. The van der Waals surface area contributed by atoms with Crippen molar-refractivity contribution in [1.29, 1.82) is 0 Å². The molecular formula is C27H27N6O2S. The van der Waals surface area contributed by atoms with Crippen LogP contribution in [0.1, 0.15) is 35.2 Å². The number of pyridine rings is 2. The van der Waals surface area contributed by atoms with Gasteiger partial charge >= 0.3 is 0 Å². The quantitative estimate of drug-likeness (QED) is 0.408. The third-order valence-corrected chi connectivity index (χ3v) is 9.29. The van der Waals surface area contributed by atoms with Gasteiger partial charge in [0.15, 0.2) is 5.65 Å². The molecule has 0 saturated heterocycles. The van der Waals surface area contributed by atoms with E-state index < -0.39 is 10.9 Å². The maximum absolute atomic E-state index is 9.99. The molecule has 1 saturated carbocycles. The van der Waals surface area contributed by atoms with Crippen LogP contribution in [0.3, 0.4) is 0 Å². The van der Waals surface area contributed by atoms with Gasteiger partial charge in [-0.1, -0.05) is 17.3 Å². The summed E-state index contributed by atoms with van der Waals surface area (Å²) in [6, 6.07) is 13.5. The van der Waals surface area contributed by atoms with Crippen LogP contribution < -0.4 is 4.74 Å². The third-order valence-electron chi connectivity index (χ3n) is 7.26. The van der Waals surface area contributed by atoms with Gasteiger partial charge in [-0.15, -0.1) is 5.10 Å². The number of fused-ring (bicyclic) bond motifs is 3. The molecule has 2 atom stereocenters. The smallest absolute Gasteiger partial charge is 0.211 e. The molecule has 1 fully saturated rings. The van der Waals surface area contributed by atoms with Crippen molar-refractivity contribution in [3.05, 3.63) is 64.2 Å². The van der Waals surface area contributed by atoms with Crippen molar-refractivity contribution in [1.82, 2.24) is 29.9 Å². The Bertz CT molecular complexity index is 1530. The zero-order valence-electron chi connectivity index (χ0n) is 20.2. The molecule has 9 heteroatoms. The summed E-state index contributed by atoms with van der Waals surface area (Å²) in [6.07, 6.45) is 4.83. The summed E-state index contributed by atoms with van der Waals surface area (Å²) in [5, 5.41) is 21.6. The van der Waals surface area contributed by atoms with Crippen molar-refractivity contribution in [2.24, 2.45) is 13.0 Å². The molecule has 4 aromatic rings. The van der Waals surface area contributed by atoms with Crippen molar-refractivity contribution >= 4 is 28.1 Å². The minimum atomic E-state index is -0.744. The second-order valence-electron chi connectivity index (χ2n) is 9.88. The molecule has 3 aliphatic rings. The van der Waals surface area contributed by atoms with E-state index in [1.165, 1.54) is 28.9 Å². The van der Waals surface area contributed by atoms with Crippen LogP contribution in [0.5, 0.6) is 11.6 Å². The number of ether oxygens (including phenoxy) is 1. The van der Waals surface area contributed by atoms with Crippen molar-refractivity contribution in [2.45, 2.75) is 48.9 Å². The maximum atomic E-state index is 9.99. The van der Waals surface area contributed by atoms with Crippen LogP contribution in [0.2, 0.25) is 0 Å². The van der Waals surface area contributed by atoms with Gasteiger partial charge in [-0.3, -0.25) is 4.90 Å². The number of aromatic hydroxyl groups is 1. The zero-order chi connectivity index (χ0) is 24.4. The predicted molar refractivity (Wildman–Crippen MR) is 138 cm³/mol. The van der Waals surface area contributed by atoms with E-state index in [1.54, 1.807) is 10.7 Å². The molecule has 1 unspecified atom stereocenters. The van der Waals surface area contributed by atoms with Gasteiger partial charge in [0.25, 0.3) is 0 Å². The van der Waals surface area contributed by atoms with Gasteiger partial charge in [-0.2, -0.15) is 10.9 Å². The zero-order valence-corrected chi connectivity index (χ0v) is 21.1. The molecule has 8 nitrogen and oxygen atoms in total. The lowest BCUT2D eigenvalue weighted by atomic mass is 10.1. The van der Waals surface area contributed by atoms with E-state index in [0.29, 0.717) is 12.5 Å². The Morgan fingerprint density at radius 3 is 2.94 bits per heavy atom.